The monoisotopic (exact) mass is 259 g/mol. The molecule has 1 aromatic heterocycles. The van der Waals surface area contributed by atoms with Crippen LogP contribution in [0, 0.1) is 13.8 Å². The van der Waals surface area contributed by atoms with Gasteiger partial charge in [-0.25, -0.2) is 0 Å². The van der Waals surface area contributed by atoms with E-state index in [0.29, 0.717) is 5.95 Å². The molecule has 0 amide bonds. The van der Waals surface area contributed by atoms with Gasteiger partial charge in [0, 0.05) is 28.2 Å². The van der Waals surface area contributed by atoms with Crippen LogP contribution < -0.4 is 9.80 Å². The largest absolute Gasteiger partial charge is 0.347 e. The summed E-state index contributed by atoms with van der Waals surface area (Å²) in [4.78, 5) is 8.45. The number of hydrogen-bond acceptors (Lipinski definition) is 4. The molecule has 0 atom stereocenters. The molecule has 2 rings (SSSR count). The molecule has 19 heavy (non-hydrogen) atoms. The Hall–Kier alpha value is -2.04. The summed E-state index contributed by atoms with van der Waals surface area (Å²) in [6.07, 6.45) is 0. The van der Waals surface area contributed by atoms with Crippen LogP contribution in [0.2, 0.25) is 0 Å². The first-order valence-corrected chi connectivity index (χ1v) is 6.30. The maximum atomic E-state index is 4.59. The van der Waals surface area contributed by atoms with Crippen LogP contribution in [0.5, 0.6) is 0 Å². The molecule has 0 aliphatic carbocycles. The quantitative estimate of drug-likeness (QED) is 0.845. The second kappa shape index (κ2) is 4.91. The molecule has 1 heterocycles. The lowest BCUT2D eigenvalue weighted by atomic mass is 10.1. The van der Waals surface area contributed by atoms with Crippen molar-refractivity contribution >= 4 is 11.9 Å². The van der Waals surface area contributed by atoms with Gasteiger partial charge < -0.3 is 9.80 Å². The van der Waals surface area contributed by atoms with Crippen LogP contribution in [0.25, 0.3) is 5.69 Å². The van der Waals surface area contributed by atoms with Gasteiger partial charge >= 0.3 is 0 Å². The molecule has 5 heteroatoms. The molecular weight excluding hydrogens is 238 g/mol. The maximum absolute atomic E-state index is 4.59. The fraction of sp³-hybridized carbons (Fsp3) is 0.429. The maximum Gasteiger partial charge on any atom is 0.246 e. The van der Waals surface area contributed by atoms with E-state index in [-0.39, 0.29) is 0 Å². The first-order chi connectivity index (χ1) is 8.91. The number of rotatable bonds is 3. The van der Waals surface area contributed by atoms with E-state index in [1.807, 2.05) is 48.7 Å². The molecule has 0 unspecified atom stereocenters. The summed E-state index contributed by atoms with van der Waals surface area (Å²) in [7, 11) is 7.85. The first kappa shape index (κ1) is 13.4. The van der Waals surface area contributed by atoms with Crippen molar-refractivity contribution in [3.8, 4) is 5.69 Å². The third-order valence-electron chi connectivity index (χ3n) is 3.18. The second-order valence-electron chi connectivity index (χ2n) is 5.13. The Balaban J connectivity index is 2.63. The Kier molecular flexibility index (Phi) is 3.46. The van der Waals surface area contributed by atoms with Crippen molar-refractivity contribution in [2.24, 2.45) is 0 Å². The van der Waals surface area contributed by atoms with E-state index in [2.05, 4.69) is 36.1 Å². The lowest BCUT2D eigenvalue weighted by molar-refractivity contribution is 0.835. The van der Waals surface area contributed by atoms with Crippen molar-refractivity contribution in [3.63, 3.8) is 0 Å². The molecule has 0 saturated carbocycles. The van der Waals surface area contributed by atoms with E-state index in [1.165, 1.54) is 11.1 Å². The lowest BCUT2D eigenvalue weighted by Gasteiger charge is -2.14. The highest BCUT2D eigenvalue weighted by atomic mass is 15.5. The SMILES string of the molecule is Cc1cccc(-n2nc(N(C)C)nc2N(C)C)c1C. The minimum atomic E-state index is 0.713. The Morgan fingerprint density at radius 2 is 1.68 bits per heavy atom. The number of anilines is 2. The lowest BCUT2D eigenvalue weighted by Crippen LogP contribution is -2.15. The molecule has 0 fully saturated rings. The zero-order valence-electron chi connectivity index (χ0n) is 12.5. The zero-order valence-corrected chi connectivity index (χ0v) is 12.5. The molecule has 0 aliphatic heterocycles. The van der Waals surface area contributed by atoms with E-state index < -0.39 is 0 Å². The van der Waals surface area contributed by atoms with Gasteiger partial charge in [-0.1, -0.05) is 12.1 Å². The molecule has 0 saturated heterocycles. The summed E-state index contributed by atoms with van der Waals surface area (Å²) in [5.41, 5.74) is 3.55. The van der Waals surface area contributed by atoms with E-state index in [4.69, 9.17) is 0 Å². The fourth-order valence-electron chi connectivity index (χ4n) is 1.90. The van der Waals surface area contributed by atoms with Crippen molar-refractivity contribution < 1.29 is 0 Å². The van der Waals surface area contributed by atoms with Crippen LogP contribution in [-0.2, 0) is 0 Å². The molecule has 0 aliphatic rings. The van der Waals surface area contributed by atoms with Gasteiger partial charge in [-0.05, 0) is 31.0 Å². The van der Waals surface area contributed by atoms with Gasteiger partial charge in [-0.2, -0.15) is 9.67 Å². The van der Waals surface area contributed by atoms with Gasteiger partial charge in [0.05, 0.1) is 5.69 Å². The van der Waals surface area contributed by atoms with Crippen LogP contribution >= 0.6 is 0 Å². The molecule has 5 nitrogen and oxygen atoms in total. The predicted molar refractivity (Wildman–Crippen MR) is 79.5 cm³/mol. The van der Waals surface area contributed by atoms with Crippen molar-refractivity contribution in [3.05, 3.63) is 29.3 Å². The zero-order chi connectivity index (χ0) is 14.2. The average Bonchev–Trinajstić information content (AvgIpc) is 2.77. The van der Waals surface area contributed by atoms with Gasteiger partial charge in [0.25, 0.3) is 0 Å². The Morgan fingerprint density at radius 1 is 1.00 bits per heavy atom. The molecule has 0 radical (unpaired) electrons. The van der Waals surface area contributed by atoms with E-state index in [9.17, 15) is 0 Å². The molecule has 0 N–H and O–H groups in total. The third-order valence-corrected chi connectivity index (χ3v) is 3.18. The smallest absolute Gasteiger partial charge is 0.246 e. The summed E-state index contributed by atoms with van der Waals surface area (Å²) < 4.78 is 1.90. The summed E-state index contributed by atoms with van der Waals surface area (Å²) in [5.74, 6) is 1.54. The summed E-state index contributed by atoms with van der Waals surface area (Å²) in [6.45, 7) is 4.22. The number of aryl methyl sites for hydroxylation is 1. The normalized spacial score (nSPS) is 10.6. The van der Waals surface area contributed by atoms with E-state index >= 15 is 0 Å². The number of nitrogens with zero attached hydrogens (tertiary/aromatic N) is 5. The average molecular weight is 259 g/mol. The second-order valence-corrected chi connectivity index (χ2v) is 5.13. The van der Waals surface area contributed by atoms with Crippen LogP contribution in [0.3, 0.4) is 0 Å². The van der Waals surface area contributed by atoms with Gasteiger partial charge in [0.1, 0.15) is 0 Å². The van der Waals surface area contributed by atoms with E-state index in [1.54, 1.807) is 0 Å². The van der Waals surface area contributed by atoms with Gasteiger partial charge in [-0.3, -0.25) is 0 Å². The predicted octanol–water partition coefficient (Wildman–Crippen LogP) is 2.02. The highest BCUT2D eigenvalue weighted by Gasteiger charge is 2.16. The Labute approximate surface area is 114 Å². The molecule has 2 aromatic rings. The highest BCUT2D eigenvalue weighted by molar-refractivity contribution is 5.51. The standard InChI is InChI=1S/C14H21N5/c1-10-8-7-9-12(11(10)2)19-14(18(5)6)15-13(16-19)17(3)4/h7-9H,1-6H3. The summed E-state index contributed by atoms with van der Waals surface area (Å²) in [5, 5.41) is 4.59. The topological polar surface area (TPSA) is 37.2 Å². The van der Waals surface area contributed by atoms with Gasteiger partial charge in [0.2, 0.25) is 11.9 Å². The van der Waals surface area contributed by atoms with Crippen LogP contribution in [-0.4, -0.2) is 43.0 Å². The van der Waals surface area contributed by atoms with Crippen molar-refractivity contribution in [2.45, 2.75) is 13.8 Å². The van der Waals surface area contributed by atoms with E-state index in [0.717, 1.165) is 11.6 Å². The van der Waals surface area contributed by atoms with Crippen molar-refractivity contribution in [2.75, 3.05) is 38.0 Å². The Bertz CT molecular complexity index is 584. The fourth-order valence-corrected chi connectivity index (χ4v) is 1.90. The first-order valence-electron chi connectivity index (χ1n) is 6.30. The number of aromatic nitrogens is 3. The minimum absolute atomic E-state index is 0.713. The van der Waals surface area contributed by atoms with Gasteiger partial charge in [-0.15, -0.1) is 5.10 Å². The third kappa shape index (κ3) is 2.41. The highest BCUT2D eigenvalue weighted by Crippen LogP contribution is 2.23. The van der Waals surface area contributed by atoms with Crippen LogP contribution in [0.1, 0.15) is 11.1 Å². The van der Waals surface area contributed by atoms with Crippen LogP contribution in [0.15, 0.2) is 18.2 Å². The Morgan fingerprint density at radius 3 is 2.26 bits per heavy atom. The minimum Gasteiger partial charge on any atom is -0.347 e. The van der Waals surface area contributed by atoms with Gasteiger partial charge in [0.15, 0.2) is 0 Å². The van der Waals surface area contributed by atoms with Crippen LogP contribution in [0.4, 0.5) is 11.9 Å². The molecule has 0 spiro atoms. The van der Waals surface area contributed by atoms with Crippen molar-refractivity contribution in [1.82, 2.24) is 14.8 Å². The molecule has 0 bridgehead atoms. The summed E-state index contributed by atoms with van der Waals surface area (Å²) in [6, 6.07) is 6.23. The molecular formula is C14H21N5. The summed E-state index contributed by atoms with van der Waals surface area (Å²) >= 11 is 0. The number of hydrogen-bond donors (Lipinski definition) is 0. The number of benzene rings is 1. The molecule has 102 valence electrons. The van der Waals surface area contributed by atoms with Crippen molar-refractivity contribution in [1.29, 1.82) is 0 Å². The molecule has 1 aromatic carbocycles.